The Balaban J connectivity index is 2.46. The molecule has 5 N–H and O–H groups in total. The van der Waals surface area contributed by atoms with Crippen molar-refractivity contribution in [1.82, 2.24) is 14.8 Å². The number of nitrogens with two attached hydrogens (primary N) is 1. The smallest absolute Gasteiger partial charge is 0.409 e. The predicted molar refractivity (Wildman–Crippen MR) is 105 cm³/mol. The largest absolute Gasteiger partial charge is 0.477 e. The van der Waals surface area contributed by atoms with E-state index in [-0.39, 0.29) is 28.5 Å². The highest BCUT2D eigenvalue weighted by atomic mass is 16.5. The fraction of sp³-hybridized carbons (Fsp3) is 0.389. The number of ether oxygens (including phenoxy) is 1. The van der Waals surface area contributed by atoms with Gasteiger partial charge in [0.25, 0.3) is 11.8 Å². The molecular weight excluding hydrogens is 380 g/mol. The van der Waals surface area contributed by atoms with Crippen LogP contribution in [0.15, 0.2) is 12.3 Å². The van der Waals surface area contributed by atoms with Crippen LogP contribution in [0, 0.1) is 0 Å². The van der Waals surface area contributed by atoms with Crippen molar-refractivity contribution in [3.63, 3.8) is 0 Å². The lowest BCUT2D eigenvalue weighted by Crippen LogP contribution is -2.21. The van der Waals surface area contributed by atoms with E-state index in [9.17, 15) is 14.4 Å². The number of rotatable bonds is 9. The molecule has 3 amide bonds. The van der Waals surface area contributed by atoms with E-state index in [1.165, 1.54) is 16.9 Å². The van der Waals surface area contributed by atoms with Crippen molar-refractivity contribution < 1.29 is 24.2 Å². The molecule has 0 radical (unpaired) electrons. The Bertz CT molecular complexity index is 924. The molecular formula is C18H24N6O5. The molecule has 2 aromatic heterocycles. The monoisotopic (exact) mass is 404 g/mol. The molecule has 0 saturated heterocycles. The van der Waals surface area contributed by atoms with E-state index >= 15 is 0 Å². The quantitative estimate of drug-likeness (QED) is 0.497. The summed E-state index contributed by atoms with van der Waals surface area (Å²) in [7, 11) is 1.56. The average Bonchev–Trinajstić information content (AvgIpc) is 2.95. The molecule has 0 fully saturated rings. The number of pyridine rings is 1. The molecule has 11 nitrogen and oxygen atoms in total. The number of primary amides is 1. The number of anilines is 2. The van der Waals surface area contributed by atoms with Crippen molar-refractivity contribution >= 4 is 29.3 Å². The van der Waals surface area contributed by atoms with E-state index in [0.29, 0.717) is 25.1 Å². The maximum absolute atomic E-state index is 13.0. The van der Waals surface area contributed by atoms with E-state index in [2.05, 4.69) is 20.7 Å². The summed E-state index contributed by atoms with van der Waals surface area (Å²) >= 11 is 0. The van der Waals surface area contributed by atoms with Gasteiger partial charge in [-0.2, -0.15) is 5.10 Å². The second-order valence-electron chi connectivity index (χ2n) is 6.22. The number of aryl methyl sites for hydroxylation is 2. The Morgan fingerprint density at radius 2 is 1.97 bits per heavy atom. The Labute approximate surface area is 167 Å². The number of carboxylic acid groups (broad SMARTS) is 1. The van der Waals surface area contributed by atoms with Gasteiger partial charge in [-0.3, -0.25) is 19.6 Å². The van der Waals surface area contributed by atoms with Crippen LogP contribution in [0.4, 0.5) is 16.2 Å². The number of carbonyl (C=O) groups is 3. The lowest BCUT2D eigenvalue weighted by atomic mass is 10.1. The molecule has 0 aliphatic carbocycles. The predicted octanol–water partition coefficient (Wildman–Crippen LogP) is 2.00. The van der Waals surface area contributed by atoms with Crippen molar-refractivity contribution in [1.29, 1.82) is 0 Å². The number of nitrogens with zero attached hydrogens (tertiary/aromatic N) is 3. The fourth-order valence-electron chi connectivity index (χ4n) is 2.71. The van der Waals surface area contributed by atoms with Gasteiger partial charge in [0.2, 0.25) is 5.88 Å². The third-order valence-corrected chi connectivity index (χ3v) is 3.87. The Morgan fingerprint density at radius 1 is 1.24 bits per heavy atom. The summed E-state index contributed by atoms with van der Waals surface area (Å²) in [5.74, 6) is -1.33. The number of hydrogen-bond acceptors (Lipinski definition) is 6. The number of nitrogens with one attached hydrogen (secondary N) is 2. The van der Waals surface area contributed by atoms with Gasteiger partial charge in [-0.15, -0.1) is 0 Å². The highest BCUT2D eigenvalue weighted by Gasteiger charge is 2.24. The van der Waals surface area contributed by atoms with Gasteiger partial charge >= 0.3 is 6.09 Å². The van der Waals surface area contributed by atoms with E-state index in [0.717, 1.165) is 6.42 Å². The lowest BCUT2D eigenvalue weighted by molar-refractivity contribution is 0.0992. The molecule has 11 heteroatoms. The summed E-state index contributed by atoms with van der Waals surface area (Å²) in [5, 5.41) is 18.0. The number of hydrogen-bond donors (Lipinski definition) is 4. The van der Waals surface area contributed by atoms with Gasteiger partial charge in [-0.25, -0.2) is 9.78 Å². The van der Waals surface area contributed by atoms with Gasteiger partial charge in [-0.05, 0) is 18.9 Å². The first-order valence-corrected chi connectivity index (χ1v) is 9.08. The second-order valence-corrected chi connectivity index (χ2v) is 6.22. The molecule has 29 heavy (non-hydrogen) atoms. The molecule has 2 heterocycles. The first-order valence-electron chi connectivity index (χ1n) is 9.08. The maximum atomic E-state index is 13.0. The molecule has 0 aliphatic heterocycles. The lowest BCUT2D eigenvalue weighted by Gasteiger charge is -2.12. The van der Waals surface area contributed by atoms with E-state index in [1.807, 2.05) is 13.8 Å². The molecule has 0 aromatic carbocycles. The highest BCUT2D eigenvalue weighted by Crippen LogP contribution is 2.25. The number of aromatic nitrogens is 3. The van der Waals surface area contributed by atoms with Crippen molar-refractivity contribution in [2.24, 2.45) is 12.8 Å². The van der Waals surface area contributed by atoms with Crippen molar-refractivity contribution in [3.8, 4) is 5.88 Å². The molecule has 0 saturated carbocycles. The number of amides is 3. The molecule has 0 spiro atoms. The minimum Gasteiger partial charge on any atom is -0.477 e. The minimum atomic E-state index is -1.30. The van der Waals surface area contributed by atoms with Crippen molar-refractivity contribution in [2.75, 3.05) is 17.2 Å². The first kappa shape index (κ1) is 21.7. The average molecular weight is 404 g/mol. The third kappa shape index (κ3) is 5.21. The Kier molecular flexibility index (Phi) is 7.12. The SMILES string of the molecule is CCCOc1ncc(NC(=O)O)cc1C(=O)Nc1c(CCC)nn(C)c1C(N)=O. The van der Waals surface area contributed by atoms with E-state index < -0.39 is 17.9 Å². The molecule has 0 unspecified atom stereocenters. The molecule has 0 aliphatic rings. The standard InChI is InChI=1S/C18H24N6O5/c1-4-6-12-13(14(15(19)25)24(3)23-12)22-16(26)11-8-10(21-18(27)28)9-20-17(11)29-7-5-2/h8-9,21H,4-7H2,1-3H3,(H2,19,25)(H,22,26)(H,27,28). The molecule has 156 valence electrons. The van der Waals surface area contributed by atoms with E-state index in [1.54, 1.807) is 7.05 Å². The summed E-state index contributed by atoms with van der Waals surface area (Å²) in [4.78, 5) is 39.8. The zero-order valence-corrected chi connectivity index (χ0v) is 16.5. The van der Waals surface area contributed by atoms with Crippen LogP contribution in [0.25, 0.3) is 0 Å². The molecule has 2 rings (SSSR count). The first-order chi connectivity index (χ1) is 13.8. The Hall–Kier alpha value is -3.63. The van der Waals surface area contributed by atoms with Crippen LogP contribution in [0.1, 0.15) is 53.2 Å². The summed E-state index contributed by atoms with van der Waals surface area (Å²) in [5.41, 5.74) is 6.34. The van der Waals surface area contributed by atoms with Gasteiger partial charge in [-0.1, -0.05) is 20.3 Å². The van der Waals surface area contributed by atoms with Crippen LogP contribution < -0.4 is 21.1 Å². The van der Waals surface area contributed by atoms with Crippen LogP contribution in [-0.2, 0) is 13.5 Å². The van der Waals surface area contributed by atoms with Crippen LogP contribution in [0.5, 0.6) is 5.88 Å². The topological polar surface area (TPSA) is 161 Å². The zero-order valence-electron chi connectivity index (χ0n) is 16.5. The van der Waals surface area contributed by atoms with Crippen LogP contribution in [0.2, 0.25) is 0 Å². The summed E-state index contributed by atoms with van der Waals surface area (Å²) in [6, 6.07) is 1.31. The van der Waals surface area contributed by atoms with Gasteiger partial charge < -0.3 is 20.9 Å². The van der Waals surface area contributed by atoms with Crippen LogP contribution in [0.3, 0.4) is 0 Å². The van der Waals surface area contributed by atoms with Gasteiger partial charge in [0, 0.05) is 7.05 Å². The molecule has 2 aromatic rings. The van der Waals surface area contributed by atoms with Crippen molar-refractivity contribution in [2.45, 2.75) is 33.1 Å². The van der Waals surface area contributed by atoms with Gasteiger partial charge in [0.05, 0.1) is 29.9 Å². The minimum absolute atomic E-state index is 0.00595. The third-order valence-electron chi connectivity index (χ3n) is 3.87. The highest BCUT2D eigenvalue weighted by molar-refractivity contribution is 6.10. The maximum Gasteiger partial charge on any atom is 0.409 e. The van der Waals surface area contributed by atoms with E-state index in [4.69, 9.17) is 15.6 Å². The summed E-state index contributed by atoms with van der Waals surface area (Å²) < 4.78 is 6.82. The van der Waals surface area contributed by atoms with Gasteiger partial charge in [0.1, 0.15) is 11.3 Å². The zero-order chi connectivity index (χ0) is 21.6. The molecule has 0 atom stereocenters. The molecule has 0 bridgehead atoms. The summed E-state index contributed by atoms with van der Waals surface area (Å²) in [6.45, 7) is 4.15. The van der Waals surface area contributed by atoms with Gasteiger partial charge in [0.15, 0.2) is 0 Å². The van der Waals surface area contributed by atoms with Crippen molar-refractivity contribution in [3.05, 3.63) is 29.2 Å². The number of carbonyl (C=O) groups excluding carboxylic acids is 2. The van der Waals surface area contributed by atoms with Crippen LogP contribution >= 0.6 is 0 Å². The fourth-order valence-corrected chi connectivity index (χ4v) is 2.71. The van der Waals surface area contributed by atoms with Crippen LogP contribution in [-0.4, -0.2) is 44.4 Å². The second kappa shape index (κ2) is 9.53. The Morgan fingerprint density at radius 3 is 2.55 bits per heavy atom. The normalized spacial score (nSPS) is 10.4. The summed E-state index contributed by atoms with van der Waals surface area (Å²) in [6.07, 6.45) is 1.90.